The van der Waals surface area contributed by atoms with Crippen molar-refractivity contribution in [1.82, 2.24) is 14.5 Å². The Bertz CT molecular complexity index is 1170. The number of Topliss-reactive ketones (excluding diaryl/α,β-unsaturated/α-hetero) is 1. The third-order valence-electron chi connectivity index (χ3n) is 4.61. The first kappa shape index (κ1) is 19.7. The number of rotatable bonds is 6. The van der Waals surface area contributed by atoms with Crippen molar-refractivity contribution in [3.8, 4) is 16.8 Å². The van der Waals surface area contributed by atoms with Crippen LogP contribution in [0, 0.1) is 0 Å². The molecule has 0 unspecified atom stereocenters. The van der Waals surface area contributed by atoms with E-state index >= 15 is 0 Å². The summed E-state index contributed by atoms with van der Waals surface area (Å²) in [5, 5.41) is 2.66. The minimum Gasteiger partial charge on any atom is -0.301 e. The van der Waals surface area contributed by atoms with E-state index < -0.39 is 0 Å². The van der Waals surface area contributed by atoms with E-state index in [-0.39, 0.29) is 11.0 Å². The molecule has 0 amide bonds. The predicted molar refractivity (Wildman–Crippen MR) is 120 cm³/mol. The summed E-state index contributed by atoms with van der Waals surface area (Å²) in [7, 11) is 0. The van der Waals surface area contributed by atoms with Gasteiger partial charge in [-0.1, -0.05) is 54.9 Å². The molecule has 0 spiro atoms. The average molecular weight is 422 g/mol. The number of hydrogen-bond acceptors (Lipinski definition) is 4. The largest absolute Gasteiger partial charge is 0.301 e. The van der Waals surface area contributed by atoms with Crippen LogP contribution < -0.4 is 0 Å². The van der Waals surface area contributed by atoms with Gasteiger partial charge in [0.05, 0.1) is 5.39 Å². The van der Waals surface area contributed by atoms with Gasteiger partial charge >= 0.3 is 0 Å². The number of fused-ring (bicyclic) bond motifs is 1. The van der Waals surface area contributed by atoms with E-state index in [1.54, 1.807) is 25.0 Å². The molecule has 146 valence electrons. The molecule has 0 aliphatic carbocycles. The van der Waals surface area contributed by atoms with Crippen LogP contribution in [-0.4, -0.2) is 25.6 Å². The minimum atomic E-state index is 0.128. The first-order valence-electron chi connectivity index (χ1n) is 9.36. The van der Waals surface area contributed by atoms with Gasteiger partial charge < -0.3 is 4.57 Å². The number of carbonyl (C=O) groups is 1. The second-order valence-corrected chi connectivity index (χ2v) is 8.83. The summed E-state index contributed by atoms with van der Waals surface area (Å²) in [6.45, 7) is 3.67. The smallest absolute Gasteiger partial charge is 0.149 e. The molecular weight excluding hydrogens is 402 g/mol. The van der Waals surface area contributed by atoms with E-state index in [2.05, 4.69) is 35.2 Å². The normalized spacial score (nSPS) is 12.2. The lowest BCUT2D eigenvalue weighted by Gasteiger charge is -2.10. The number of ketones is 1. The van der Waals surface area contributed by atoms with Crippen molar-refractivity contribution in [2.75, 3.05) is 0 Å². The van der Waals surface area contributed by atoms with Crippen molar-refractivity contribution in [3.63, 3.8) is 0 Å². The maximum Gasteiger partial charge on any atom is 0.149 e. The van der Waals surface area contributed by atoms with Gasteiger partial charge in [-0.05, 0) is 30.7 Å². The molecule has 0 N–H and O–H groups in total. The highest BCUT2D eigenvalue weighted by Crippen LogP contribution is 2.38. The van der Waals surface area contributed by atoms with E-state index in [4.69, 9.17) is 11.6 Å². The van der Waals surface area contributed by atoms with E-state index in [9.17, 15) is 4.79 Å². The summed E-state index contributed by atoms with van der Waals surface area (Å²) < 4.78 is 2.05. The van der Waals surface area contributed by atoms with Gasteiger partial charge in [0.25, 0.3) is 0 Å². The number of nitrogens with zero attached hydrogens (tertiary/aromatic N) is 3. The molecule has 1 atom stereocenters. The molecule has 2 aromatic carbocycles. The third kappa shape index (κ3) is 4.21. The van der Waals surface area contributed by atoms with Crippen molar-refractivity contribution >= 4 is 40.2 Å². The summed E-state index contributed by atoms with van der Waals surface area (Å²) >= 11 is 7.85. The Balaban J connectivity index is 1.93. The summed E-state index contributed by atoms with van der Waals surface area (Å²) in [5.41, 5.74) is 3.91. The quantitative estimate of drug-likeness (QED) is 0.274. The average Bonchev–Trinajstić information content (AvgIpc) is 3.09. The van der Waals surface area contributed by atoms with E-state index in [1.807, 2.05) is 47.0 Å². The second-order valence-electron chi connectivity index (χ2n) is 6.97. The fourth-order valence-corrected chi connectivity index (χ4v) is 4.73. The Kier molecular flexibility index (Phi) is 5.69. The number of halogens is 1. The Hall–Kier alpha value is -2.63. The lowest BCUT2D eigenvalue weighted by molar-refractivity contribution is -0.116. The van der Waals surface area contributed by atoms with Crippen molar-refractivity contribution in [1.29, 1.82) is 0 Å². The third-order valence-corrected chi connectivity index (χ3v) is 5.94. The molecule has 0 saturated heterocycles. The highest BCUT2D eigenvalue weighted by molar-refractivity contribution is 8.00. The van der Waals surface area contributed by atoms with Gasteiger partial charge in [0.15, 0.2) is 0 Å². The molecule has 0 saturated carbocycles. The Morgan fingerprint density at radius 3 is 2.66 bits per heavy atom. The fraction of sp³-hybridized carbons (Fsp3) is 0.174. The molecule has 29 heavy (non-hydrogen) atoms. The molecule has 0 fully saturated rings. The van der Waals surface area contributed by atoms with E-state index in [0.29, 0.717) is 11.4 Å². The van der Waals surface area contributed by atoms with E-state index in [1.165, 1.54) is 0 Å². The molecule has 0 aliphatic heterocycles. The van der Waals surface area contributed by atoms with E-state index in [0.717, 1.165) is 32.9 Å². The Morgan fingerprint density at radius 2 is 1.93 bits per heavy atom. The van der Waals surface area contributed by atoms with Gasteiger partial charge in [-0.3, -0.25) is 4.79 Å². The number of thioether (sulfide) groups is 1. The van der Waals surface area contributed by atoms with Crippen molar-refractivity contribution < 1.29 is 4.79 Å². The number of carbonyl (C=O) groups excluding carboxylic acids is 1. The zero-order chi connectivity index (χ0) is 20.4. The van der Waals surface area contributed by atoms with Crippen molar-refractivity contribution in [2.45, 2.75) is 30.5 Å². The summed E-state index contributed by atoms with van der Waals surface area (Å²) in [6, 6.07) is 17.9. The maximum atomic E-state index is 11.6. The zero-order valence-electron chi connectivity index (χ0n) is 16.2. The molecule has 2 heterocycles. The number of hydrogen-bond donors (Lipinski definition) is 0. The van der Waals surface area contributed by atoms with Gasteiger partial charge in [-0.2, -0.15) is 0 Å². The Labute approximate surface area is 178 Å². The van der Waals surface area contributed by atoms with Crippen LogP contribution in [0.15, 0.2) is 72.1 Å². The van der Waals surface area contributed by atoms with Crippen LogP contribution in [0.1, 0.15) is 20.3 Å². The summed E-state index contributed by atoms with van der Waals surface area (Å²) in [4.78, 5) is 20.7. The van der Waals surface area contributed by atoms with Gasteiger partial charge in [-0.15, -0.1) is 11.8 Å². The molecule has 0 bridgehead atoms. The fourth-order valence-electron chi connectivity index (χ4n) is 3.42. The Morgan fingerprint density at radius 1 is 1.14 bits per heavy atom. The van der Waals surface area contributed by atoms with Crippen LogP contribution >= 0.6 is 23.4 Å². The van der Waals surface area contributed by atoms with Crippen LogP contribution in [0.3, 0.4) is 0 Å². The molecule has 4 rings (SSSR count). The van der Waals surface area contributed by atoms with Crippen LogP contribution in [0.5, 0.6) is 0 Å². The van der Waals surface area contributed by atoms with Crippen molar-refractivity contribution in [2.24, 2.45) is 0 Å². The SMILES string of the molecule is CC(=O)C[C@H](C)Sc1ncnc2c1c(-c1ccccc1)cn2-c1cccc(Cl)c1. The molecule has 4 aromatic rings. The zero-order valence-corrected chi connectivity index (χ0v) is 17.7. The minimum absolute atomic E-state index is 0.128. The summed E-state index contributed by atoms with van der Waals surface area (Å²) in [6.07, 6.45) is 4.17. The molecule has 2 aromatic heterocycles. The first-order valence-corrected chi connectivity index (χ1v) is 10.6. The predicted octanol–water partition coefficient (Wildman–Crippen LogP) is 6.20. The van der Waals surface area contributed by atoms with Gasteiger partial charge in [-0.25, -0.2) is 9.97 Å². The van der Waals surface area contributed by atoms with Crippen molar-refractivity contribution in [3.05, 3.63) is 72.1 Å². The lowest BCUT2D eigenvalue weighted by atomic mass is 10.1. The highest BCUT2D eigenvalue weighted by Gasteiger charge is 2.19. The number of benzene rings is 2. The number of aromatic nitrogens is 3. The van der Waals surface area contributed by atoms with Gasteiger partial charge in [0, 0.05) is 34.1 Å². The van der Waals surface area contributed by atoms with Gasteiger partial charge in [0.1, 0.15) is 22.8 Å². The molecule has 0 aliphatic rings. The standard InChI is InChI=1S/C23H20ClN3OS/c1-15(28)11-16(2)29-23-21-20(17-7-4-3-5-8-17)13-27(22(21)25-14-26-23)19-10-6-9-18(24)12-19/h3-10,12-14,16H,11H2,1-2H3/t16-/m0/s1. The first-order chi connectivity index (χ1) is 14.0. The molecule has 0 radical (unpaired) electrons. The topological polar surface area (TPSA) is 47.8 Å². The van der Waals surface area contributed by atoms with Crippen LogP contribution in [0.25, 0.3) is 27.8 Å². The van der Waals surface area contributed by atoms with Crippen LogP contribution in [-0.2, 0) is 4.79 Å². The molecular formula is C23H20ClN3OS. The molecule has 6 heteroatoms. The lowest BCUT2D eigenvalue weighted by Crippen LogP contribution is -2.04. The van der Waals surface area contributed by atoms with Gasteiger partial charge in [0.2, 0.25) is 0 Å². The monoisotopic (exact) mass is 421 g/mol. The highest BCUT2D eigenvalue weighted by atomic mass is 35.5. The van der Waals surface area contributed by atoms with Crippen LogP contribution in [0.4, 0.5) is 0 Å². The maximum absolute atomic E-state index is 11.6. The molecule has 4 nitrogen and oxygen atoms in total. The van der Waals surface area contributed by atoms with Crippen LogP contribution in [0.2, 0.25) is 5.02 Å². The summed E-state index contributed by atoms with van der Waals surface area (Å²) in [5.74, 6) is 0.176. The second kappa shape index (κ2) is 8.39.